The fraction of sp³-hybridized carbons (Fsp3) is 0.778. The Morgan fingerprint density at radius 2 is 2.33 bits per heavy atom. The molecule has 3 heteroatoms. The van der Waals surface area contributed by atoms with Crippen molar-refractivity contribution >= 4 is 6.21 Å². The van der Waals surface area contributed by atoms with Crippen LogP contribution in [0.5, 0.6) is 0 Å². The molecule has 0 aliphatic heterocycles. The third kappa shape index (κ3) is 8.96. The van der Waals surface area contributed by atoms with E-state index in [1.165, 1.54) is 19.3 Å². The maximum atomic E-state index is 8.20. The normalized spacial score (nSPS) is 10.0. The minimum Gasteiger partial charge on any atom is -0.309 e. The van der Waals surface area contributed by atoms with Gasteiger partial charge < -0.3 is 5.43 Å². The lowest BCUT2D eigenvalue weighted by atomic mass is 10.2. The van der Waals surface area contributed by atoms with E-state index in [-0.39, 0.29) is 0 Å². The molecule has 0 aromatic rings. The van der Waals surface area contributed by atoms with E-state index in [1.807, 2.05) is 12.3 Å². The molecule has 0 aliphatic rings. The van der Waals surface area contributed by atoms with E-state index in [0.717, 1.165) is 6.42 Å². The highest BCUT2D eigenvalue weighted by atomic mass is 15.3. The molecule has 0 aromatic carbocycles. The predicted octanol–water partition coefficient (Wildman–Crippen LogP) is 2.06. The molecule has 0 rings (SSSR count). The lowest BCUT2D eigenvalue weighted by Gasteiger charge is -1.94. The number of hydrogen-bond donors (Lipinski definition) is 1. The van der Waals surface area contributed by atoms with Gasteiger partial charge in [0.25, 0.3) is 0 Å². The van der Waals surface area contributed by atoms with Crippen LogP contribution in [0.15, 0.2) is 5.10 Å². The van der Waals surface area contributed by atoms with Crippen molar-refractivity contribution in [2.24, 2.45) is 5.10 Å². The molecule has 0 spiro atoms. The fourth-order valence-electron chi connectivity index (χ4n) is 0.791. The van der Waals surface area contributed by atoms with Crippen LogP contribution in [0.3, 0.4) is 0 Å². The summed E-state index contributed by atoms with van der Waals surface area (Å²) in [4.78, 5) is 0. The molecule has 0 amide bonds. The Labute approximate surface area is 74.5 Å². The van der Waals surface area contributed by atoms with Crippen molar-refractivity contribution in [2.75, 3.05) is 6.54 Å². The minimum atomic E-state index is 0.520. The van der Waals surface area contributed by atoms with Gasteiger partial charge in [-0.2, -0.15) is 10.4 Å². The van der Waals surface area contributed by atoms with Gasteiger partial charge in [0.05, 0.1) is 12.5 Å². The average molecular weight is 167 g/mol. The SMILES string of the molecule is CCCCCC=NNCCC#N. The summed E-state index contributed by atoms with van der Waals surface area (Å²) in [5.41, 5.74) is 2.81. The van der Waals surface area contributed by atoms with Gasteiger partial charge in [-0.05, 0) is 12.8 Å². The summed E-state index contributed by atoms with van der Waals surface area (Å²) in [5.74, 6) is 0. The molecule has 0 fully saturated rings. The molecule has 0 aliphatic carbocycles. The van der Waals surface area contributed by atoms with Crippen molar-refractivity contribution < 1.29 is 0 Å². The van der Waals surface area contributed by atoms with Gasteiger partial charge in [0.15, 0.2) is 0 Å². The van der Waals surface area contributed by atoms with E-state index < -0.39 is 0 Å². The van der Waals surface area contributed by atoms with Crippen molar-refractivity contribution in [3.05, 3.63) is 0 Å². The summed E-state index contributed by atoms with van der Waals surface area (Å²) >= 11 is 0. The Morgan fingerprint density at radius 1 is 1.50 bits per heavy atom. The number of rotatable bonds is 7. The molecule has 1 N–H and O–H groups in total. The molecule has 12 heavy (non-hydrogen) atoms. The zero-order valence-electron chi connectivity index (χ0n) is 7.71. The Morgan fingerprint density at radius 3 is 3.00 bits per heavy atom. The van der Waals surface area contributed by atoms with Crippen LogP contribution >= 0.6 is 0 Å². The van der Waals surface area contributed by atoms with Gasteiger partial charge in [0.1, 0.15) is 0 Å². The van der Waals surface area contributed by atoms with Crippen LogP contribution in [0.2, 0.25) is 0 Å². The molecule has 0 radical (unpaired) electrons. The van der Waals surface area contributed by atoms with Crippen molar-refractivity contribution in [3.63, 3.8) is 0 Å². The number of nitrogens with one attached hydrogen (secondary N) is 1. The number of hydrazone groups is 1. The van der Waals surface area contributed by atoms with Gasteiger partial charge in [-0.3, -0.25) is 0 Å². The third-order valence-electron chi connectivity index (χ3n) is 1.47. The highest BCUT2D eigenvalue weighted by molar-refractivity contribution is 5.56. The maximum Gasteiger partial charge on any atom is 0.0640 e. The van der Waals surface area contributed by atoms with Crippen molar-refractivity contribution in [2.45, 2.75) is 39.0 Å². The largest absolute Gasteiger partial charge is 0.309 e. The molecule has 0 heterocycles. The smallest absolute Gasteiger partial charge is 0.0640 e. The van der Waals surface area contributed by atoms with Gasteiger partial charge in [0.2, 0.25) is 0 Å². The highest BCUT2D eigenvalue weighted by Gasteiger charge is 1.82. The topological polar surface area (TPSA) is 48.2 Å². The molecular formula is C9H17N3. The summed E-state index contributed by atoms with van der Waals surface area (Å²) in [5, 5.41) is 12.2. The Hall–Kier alpha value is -1.04. The van der Waals surface area contributed by atoms with E-state index in [0.29, 0.717) is 13.0 Å². The van der Waals surface area contributed by atoms with Crippen LogP contribution in [-0.4, -0.2) is 12.8 Å². The highest BCUT2D eigenvalue weighted by Crippen LogP contribution is 1.95. The van der Waals surface area contributed by atoms with Crippen LogP contribution < -0.4 is 5.43 Å². The zero-order chi connectivity index (χ0) is 9.07. The summed E-state index contributed by atoms with van der Waals surface area (Å²) < 4.78 is 0. The summed E-state index contributed by atoms with van der Waals surface area (Å²) in [7, 11) is 0. The van der Waals surface area contributed by atoms with E-state index in [2.05, 4.69) is 17.5 Å². The van der Waals surface area contributed by atoms with Gasteiger partial charge in [0, 0.05) is 12.8 Å². The van der Waals surface area contributed by atoms with Crippen LogP contribution in [0.25, 0.3) is 0 Å². The Balaban J connectivity index is 2.99. The van der Waals surface area contributed by atoms with Crippen molar-refractivity contribution in [3.8, 4) is 6.07 Å². The Kier molecular flexibility index (Phi) is 9.10. The van der Waals surface area contributed by atoms with Crippen molar-refractivity contribution in [1.82, 2.24) is 5.43 Å². The third-order valence-corrected chi connectivity index (χ3v) is 1.47. The number of unbranched alkanes of at least 4 members (excludes halogenated alkanes) is 3. The van der Waals surface area contributed by atoms with Gasteiger partial charge >= 0.3 is 0 Å². The first-order valence-electron chi connectivity index (χ1n) is 4.53. The average Bonchev–Trinajstić information content (AvgIpc) is 2.10. The van der Waals surface area contributed by atoms with Crippen LogP contribution in [0, 0.1) is 11.3 Å². The van der Waals surface area contributed by atoms with Gasteiger partial charge in [-0.15, -0.1) is 0 Å². The molecular weight excluding hydrogens is 150 g/mol. The summed E-state index contributed by atoms with van der Waals surface area (Å²) in [6.45, 7) is 2.84. The molecule has 3 nitrogen and oxygen atoms in total. The molecule has 0 atom stereocenters. The molecule has 0 unspecified atom stereocenters. The predicted molar refractivity (Wildman–Crippen MR) is 50.9 cm³/mol. The van der Waals surface area contributed by atoms with Crippen LogP contribution in [0.1, 0.15) is 39.0 Å². The maximum absolute atomic E-state index is 8.20. The lowest BCUT2D eigenvalue weighted by Crippen LogP contribution is -2.06. The number of nitrogens with zero attached hydrogens (tertiary/aromatic N) is 2. The lowest BCUT2D eigenvalue weighted by molar-refractivity contribution is 0.725. The van der Waals surface area contributed by atoms with E-state index in [4.69, 9.17) is 5.26 Å². The molecule has 0 bridgehead atoms. The molecule has 0 saturated carbocycles. The second-order valence-electron chi connectivity index (χ2n) is 2.62. The van der Waals surface area contributed by atoms with E-state index in [9.17, 15) is 0 Å². The number of nitriles is 1. The zero-order valence-corrected chi connectivity index (χ0v) is 7.71. The van der Waals surface area contributed by atoms with Crippen molar-refractivity contribution in [1.29, 1.82) is 5.26 Å². The number of hydrogen-bond acceptors (Lipinski definition) is 3. The second kappa shape index (κ2) is 9.96. The summed E-state index contributed by atoms with van der Waals surface area (Å²) in [6.07, 6.45) is 7.16. The molecule has 68 valence electrons. The van der Waals surface area contributed by atoms with Crippen LogP contribution in [0.4, 0.5) is 0 Å². The first-order valence-corrected chi connectivity index (χ1v) is 4.53. The van der Waals surface area contributed by atoms with Gasteiger partial charge in [-0.25, -0.2) is 0 Å². The second-order valence-corrected chi connectivity index (χ2v) is 2.62. The monoisotopic (exact) mass is 167 g/mol. The van der Waals surface area contributed by atoms with Gasteiger partial charge in [-0.1, -0.05) is 19.8 Å². The summed E-state index contributed by atoms with van der Waals surface area (Å²) in [6, 6.07) is 2.04. The van der Waals surface area contributed by atoms with E-state index >= 15 is 0 Å². The fourth-order valence-corrected chi connectivity index (χ4v) is 0.791. The first kappa shape index (κ1) is 11.0. The first-order chi connectivity index (χ1) is 5.91. The van der Waals surface area contributed by atoms with Crippen LogP contribution in [-0.2, 0) is 0 Å². The molecule has 0 aromatic heterocycles. The quantitative estimate of drug-likeness (QED) is 0.358. The minimum absolute atomic E-state index is 0.520. The standard InChI is InChI=1S/C9H17N3/c1-2-3-4-5-8-11-12-9-6-7-10/h8,12H,2-6,9H2,1H3. The Bertz CT molecular complexity index is 146. The van der Waals surface area contributed by atoms with E-state index in [1.54, 1.807) is 0 Å². The molecule has 0 saturated heterocycles.